The number of anilines is 1. The summed E-state index contributed by atoms with van der Waals surface area (Å²) in [5, 5.41) is 1.03. The molecule has 122 valence electrons. The number of aromatic nitrogens is 3. The van der Waals surface area contributed by atoms with Crippen molar-refractivity contribution in [2.75, 3.05) is 18.0 Å². The maximum Gasteiger partial charge on any atom is 0.266 e. The molecule has 0 N–H and O–H groups in total. The van der Waals surface area contributed by atoms with Gasteiger partial charge in [0.2, 0.25) is 5.95 Å². The Labute approximate surface area is 144 Å². The maximum absolute atomic E-state index is 12.8. The van der Waals surface area contributed by atoms with Crippen LogP contribution in [0.25, 0.3) is 16.6 Å². The second-order valence-electron chi connectivity index (χ2n) is 5.96. The van der Waals surface area contributed by atoms with Gasteiger partial charge < -0.3 is 4.90 Å². The lowest BCUT2D eigenvalue weighted by Crippen LogP contribution is -2.31. The summed E-state index contributed by atoms with van der Waals surface area (Å²) in [4.78, 5) is 24.0. The lowest BCUT2D eigenvalue weighted by atomic mass is 10.1. The normalized spacial score (nSPS) is 15.0. The van der Waals surface area contributed by atoms with E-state index in [4.69, 9.17) is 11.6 Å². The largest absolute Gasteiger partial charge is 0.341 e. The van der Waals surface area contributed by atoms with Crippen molar-refractivity contribution in [2.45, 2.75) is 19.3 Å². The topological polar surface area (TPSA) is 51.0 Å². The van der Waals surface area contributed by atoms with Crippen molar-refractivity contribution in [2.24, 2.45) is 0 Å². The predicted molar refractivity (Wildman–Crippen MR) is 96.2 cm³/mol. The number of fused-ring (bicyclic) bond motifs is 1. The fourth-order valence-electron chi connectivity index (χ4n) is 3.10. The molecule has 2 aromatic heterocycles. The van der Waals surface area contributed by atoms with E-state index in [1.807, 2.05) is 24.3 Å². The van der Waals surface area contributed by atoms with Gasteiger partial charge in [0.25, 0.3) is 5.56 Å². The molecule has 3 heterocycles. The molecule has 6 heteroatoms. The predicted octanol–water partition coefficient (Wildman–Crippen LogP) is 3.42. The minimum Gasteiger partial charge on any atom is -0.341 e. The van der Waals surface area contributed by atoms with Crippen LogP contribution in [0.4, 0.5) is 5.95 Å². The van der Waals surface area contributed by atoms with Crippen LogP contribution in [0.15, 0.2) is 47.5 Å². The van der Waals surface area contributed by atoms with Gasteiger partial charge in [-0.3, -0.25) is 9.36 Å². The molecule has 0 unspecified atom stereocenters. The van der Waals surface area contributed by atoms with E-state index >= 15 is 0 Å². The number of halogens is 1. The zero-order valence-electron chi connectivity index (χ0n) is 13.2. The third-order valence-electron chi connectivity index (χ3n) is 4.39. The number of benzene rings is 1. The van der Waals surface area contributed by atoms with Crippen molar-refractivity contribution < 1.29 is 0 Å². The van der Waals surface area contributed by atoms with Crippen molar-refractivity contribution in [3.63, 3.8) is 0 Å². The molecule has 1 fully saturated rings. The quantitative estimate of drug-likeness (QED) is 0.717. The fraction of sp³-hybridized carbons (Fsp3) is 0.278. The van der Waals surface area contributed by atoms with Crippen LogP contribution in [0.2, 0.25) is 5.02 Å². The van der Waals surface area contributed by atoms with E-state index in [1.165, 1.54) is 11.0 Å². The summed E-state index contributed by atoms with van der Waals surface area (Å²) in [6.45, 7) is 1.95. The van der Waals surface area contributed by atoms with Crippen molar-refractivity contribution in [1.82, 2.24) is 14.5 Å². The van der Waals surface area contributed by atoms with Gasteiger partial charge in [0.15, 0.2) is 0 Å². The van der Waals surface area contributed by atoms with Crippen LogP contribution in [0.1, 0.15) is 19.3 Å². The Bertz CT molecular complexity index is 947. The van der Waals surface area contributed by atoms with Gasteiger partial charge in [0, 0.05) is 25.5 Å². The first-order valence-electron chi connectivity index (χ1n) is 8.12. The van der Waals surface area contributed by atoms with Crippen LogP contribution in [0.3, 0.4) is 0 Å². The van der Waals surface area contributed by atoms with Crippen LogP contribution < -0.4 is 10.5 Å². The Hall–Kier alpha value is -2.40. The van der Waals surface area contributed by atoms with E-state index in [9.17, 15) is 4.79 Å². The van der Waals surface area contributed by atoms with Crippen LogP contribution in [-0.2, 0) is 0 Å². The first-order valence-corrected chi connectivity index (χ1v) is 8.50. The molecule has 0 amide bonds. The Morgan fingerprint density at radius 1 is 1.04 bits per heavy atom. The molecule has 4 rings (SSSR count). The Morgan fingerprint density at radius 3 is 2.62 bits per heavy atom. The molecule has 0 bridgehead atoms. The minimum absolute atomic E-state index is 0.161. The van der Waals surface area contributed by atoms with Crippen molar-refractivity contribution in [3.05, 3.63) is 58.1 Å². The molecule has 0 atom stereocenters. The average Bonchev–Trinajstić information content (AvgIpc) is 2.63. The first kappa shape index (κ1) is 15.1. The standard InChI is InChI=1S/C18H17ClN4O/c19-14-6-2-3-7-16(14)23-11-8-15-13(17(23)24)12-20-18(21-15)22-9-4-1-5-10-22/h2-3,6-8,11-12H,1,4-5,9-10H2. The fourth-order valence-corrected chi connectivity index (χ4v) is 3.33. The zero-order valence-corrected chi connectivity index (χ0v) is 13.9. The molecule has 5 nitrogen and oxygen atoms in total. The molecule has 1 aliphatic rings. The lowest BCUT2D eigenvalue weighted by Gasteiger charge is -2.26. The molecule has 1 aromatic carbocycles. The van der Waals surface area contributed by atoms with Gasteiger partial charge in [-0.25, -0.2) is 9.97 Å². The van der Waals surface area contributed by atoms with Gasteiger partial charge in [-0.15, -0.1) is 0 Å². The number of hydrogen-bond acceptors (Lipinski definition) is 4. The van der Waals surface area contributed by atoms with E-state index in [0.29, 0.717) is 27.6 Å². The summed E-state index contributed by atoms with van der Waals surface area (Å²) in [5.41, 5.74) is 1.16. The molecular formula is C18H17ClN4O. The monoisotopic (exact) mass is 340 g/mol. The smallest absolute Gasteiger partial charge is 0.266 e. The van der Waals surface area contributed by atoms with Crippen LogP contribution in [0, 0.1) is 0 Å². The number of hydrogen-bond donors (Lipinski definition) is 0. The molecule has 0 spiro atoms. The minimum atomic E-state index is -0.161. The molecule has 0 radical (unpaired) electrons. The Balaban J connectivity index is 1.80. The molecule has 0 saturated carbocycles. The molecule has 3 aromatic rings. The second kappa shape index (κ2) is 6.24. The van der Waals surface area contributed by atoms with Gasteiger partial charge >= 0.3 is 0 Å². The van der Waals surface area contributed by atoms with E-state index in [-0.39, 0.29) is 5.56 Å². The third-order valence-corrected chi connectivity index (χ3v) is 4.71. The first-order chi connectivity index (χ1) is 11.7. The highest BCUT2D eigenvalue weighted by Crippen LogP contribution is 2.20. The number of para-hydroxylation sites is 1. The van der Waals surface area contributed by atoms with E-state index in [2.05, 4.69) is 14.9 Å². The Morgan fingerprint density at radius 2 is 1.83 bits per heavy atom. The highest BCUT2D eigenvalue weighted by Gasteiger charge is 2.15. The SMILES string of the molecule is O=c1c2cnc(N3CCCCC3)nc2ccn1-c1ccccc1Cl. The van der Waals surface area contributed by atoms with Crippen LogP contribution in [-0.4, -0.2) is 27.6 Å². The van der Waals surface area contributed by atoms with Gasteiger partial charge in [-0.2, -0.15) is 0 Å². The molecule has 24 heavy (non-hydrogen) atoms. The maximum atomic E-state index is 12.8. The summed E-state index contributed by atoms with van der Waals surface area (Å²) in [7, 11) is 0. The van der Waals surface area contributed by atoms with Crippen molar-refractivity contribution in [3.8, 4) is 5.69 Å². The van der Waals surface area contributed by atoms with E-state index in [1.54, 1.807) is 18.5 Å². The van der Waals surface area contributed by atoms with Crippen molar-refractivity contribution in [1.29, 1.82) is 0 Å². The van der Waals surface area contributed by atoms with Gasteiger partial charge in [0.05, 0.1) is 21.6 Å². The van der Waals surface area contributed by atoms with Crippen LogP contribution >= 0.6 is 11.6 Å². The number of nitrogens with zero attached hydrogens (tertiary/aromatic N) is 4. The summed E-state index contributed by atoms with van der Waals surface area (Å²) in [5.74, 6) is 0.706. The van der Waals surface area contributed by atoms with E-state index < -0.39 is 0 Å². The number of piperidine rings is 1. The zero-order chi connectivity index (χ0) is 16.5. The number of rotatable bonds is 2. The molecule has 0 aliphatic carbocycles. The molecular weight excluding hydrogens is 324 g/mol. The van der Waals surface area contributed by atoms with Crippen LogP contribution in [0.5, 0.6) is 0 Å². The highest BCUT2D eigenvalue weighted by atomic mass is 35.5. The van der Waals surface area contributed by atoms with E-state index in [0.717, 1.165) is 25.9 Å². The van der Waals surface area contributed by atoms with Crippen molar-refractivity contribution >= 4 is 28.5 Å². The molecule has 1 saturated heterocycles. The van der Waals surface area contributed by atoms with Gasteiger partial charge in [0.1, 0.15) is 0 Å². The van der Waals surface area contributed by atoms with Gasteiger partial charge in [-0.1, -0.05) is 23.7 Å². The second-order valence-corrected chi connectivity index (χ2v) is 6.37. The molecule has 1 aliphatic heterocycles. The lowest BCUT2D eigenvalue weighted by molar-refractivity contribution is 0.569. The summed E-state index contributed by atoms with van der Waals surface area (Å²) in [6.07, 6.45) is 6.93. The Kier molecular flexibility index (Phi) is 3.94. The summed E-state index contributed by atoms with van der Waals surface area (Å²) < 4.78 is 1.54. The summed E-state index contributed by atoms with van der Waals surface area (Å²) in [6, 6.07) is 9.12. The highest BCUT2D eigenvalue weighted by molar-refractivity contribution is 6.32. The third kappa shape index (κ3) is 2.65. The van der Waals surface area contributed by atoms with Gasteiger partial charge in [-0.05, 0) is 37.5 Å². The average molecular weight is 341 g/mol. The number of pyridine rings is 1. The summed E-state index contributed by atoms with van der Waals surface area (Å²) >= 11 is 6.21.